The first-order valence-corrected chi connectivity index (χ1v) is 7.58. The summed E-state index contributed by atoms with van der Waals surface area (Å²) in [6.45, 7) is 2.68. The molecule has 2 aromatic rings. The maximum Gasteiger partial charge on any atom is 0.220 e. The highest BCUT2D eigenvalue weighted by Gasteiger charge is 2.03. The summed E-state index contributed by atoms with van der Waals surface area (Å²) in [5.41, 5.74) is 3.50. The molecule has 0 saturated heterocycles. The number of amides is 1. The molecule has 2 rings (SSSR count). The lowest BCUT2D eigenvalue weighted by Gasteiger charge is -2.07. The zero-order valence-corrected chi connectivity index (χ0v) is 13.0. The van der Waals surface area contributed by atoms with Crippen molar-refractivity contribution in [3.63, 3.8) is 0 Å². The molecule has 0 heterocycles. The Bertz CT molecular complexity index is 610. The molecule has 1 amide bonds. The topological polar surface area (TPSA) is 29.1 Å². The molecule has 0 aromatic heterocycles. The Morgan fingerprint density at radius 3 is 2.67 bits per heavy atom. The predicted octanol–water partition coefficient (Wildman–Crippen LogP) is 3.94. The summed E-state index contributed by atoms with van der Waals surface area (Å²) >= 11 is 6.08. The molecular formula is C18H20ClNO. The lowest BCUT2D eigenvalue weighted by molar-refractivity contribution is -0.121. The van der Waals surface area contributed by atoms with Crippen LogP contribution in [0, 0.1) is 6.92 Å². The lowest BCUT2D eigenvalue weighted by atomic mass is 10.1. The average molecular weight is 302 g/mol. The van der Waals surface area contributed by atoms with Crippen molar-refractivity contribution in [1.29, 1.82) is 0 Å². The maximum atomic E-state index is 11.8. The molecule has 0 bridgehead atoms. The summed E-state index contributed by atoms with van der Waals surface area (Å²) in [4.78, 5) is 11.8. The largest absolute Gasteiger partial charge is 0.356 e. The van der Waals surface area contributed by atoms with Crippen LogP contribution in [0.3, 0.4) is 0 Å². The summed E-state index contributed by atoms with van der Waals surface area (Å²) in [5, 5.41) is 3.70. The summed E-state index contributed by atoms with van der Waals surface area (Å²) in [6.07, 6.45) is 2.06. The summed E-state index contributed by atoms with van der Waals surface area (Å²) in [7, 11) is 0. The molecule has 0 aliphatic rings. The highest BCUT2D eigenvalue weighted by molar-refractivity contribution is 6.31. The summed E-state index contributed by atoms with van der Waals surface area (Å²) in [6, 6.07) is 16.0. The minimum atomic E-state index is 0.0866. The highest BCUT2D eigenvalue weighted by atomic mass is 35.5. The molecular weight excluding hydrogens is 282 g/mol. The van der Waals surface area contributed by atoms with Gasteiger partial charge in [-0.1, -0.05) is 59.6 Å². The zero-order chi connectivity index (χ0) is 15.1. The van der Waals surface area contributed by atoms with E-state index in [-0.39, 0.29) is 5.91 Å². The van der Waals surface area contributed by atoms with Crippen molar-refractivity contribution in [3.05, 3.63) is 70.2 Å². The Hall–Kier alpha value is -1.80. The quantitative estimate of drug-likeness (QED) is 0.860. The molecule has 0 aliphatic heterocycles. The first-order chi connectivity index (χ1) is 10.1. The number of nitrogens with one attached hydrogen (secondary N) is 1. The summed E-state index contributed by atoms with van der Waals surface area (Å²) in [5.74, 6) is 0.0866. The van der Waals surface area contributed by atoms with E-state index in [9.17, 15) is 4.79 Å². The van der Waals surface area contributed by atoms with E-state index in [4.69, 9.17) is 11.6 Å². The van der Waals surface area contributed by atoms with Crippen LogP contribution in [-0.2, 0) is 17.6 Å². The second kappa shape index (κ2) is 7.84. The van der Waals surface area contributed by atoms with Crippen molar-refractivity contribution in [2.24, 2.45) is 0 Å². The molecule has 3 heteroatoms. The summed E-state index contributed by atoms with van der Waals surface area (Å²) < 4.78 is 0. The smallest absolute Gasteiger partial charge is 0.220 e. The Morgan fingerprint density at radius 2 is 1.90 bits per heavy atom. The molecule has 0 unspecified atom stereocenters. The third kappa shape index (κ3) is 5.24. The molecule has 2 nitrogen and oxygen atoms in total. The van der Waals surface area contributed by atoms with E-state index in [0.717, 1.165) is 23.4 Å². The van der Waals surface area contributed by atoms with E-state index < -0.39 is 0 Å². The maximum absolute atomic E-state index is 11.8. The first-order valence-electron chi connectivity index (χ1n) is 7.21. The first kappa shape index (κ1) is 15.6. The number of hydrogen-bond acceptors (Lipinski definition) is 1. The van der Waals surface area contributed by atoms with E-state index in [1.54, 1.807) is 0 Å². The number of halogens is 1. The Balaban J connectivity index is 1.72. The van der Waals surface area contributed by atoms with Gasteiger partial charge < -0.3 is 5.32 Å². The van der Waals surface area contributed by atoms with Gasteiger partial charge in [-0.3, -0.25) is 4.79 Å². The molecule has 1 N–H and O–H groups in total. The number of carbonyl (C=O) groups excluding carboxylic acids is 1. The van der Waals surface area contributed by atoms with Gasteiger partial charge in [-0.2, -0.15) is 0 Å². The van der Waals surface area contributed by atoms with Gasteiger partial charge in [-0.05, 0) is 37.0 Å². The second-order valence-corrected chi connectivity index (χ2v) is 5.59. The van der Waals surface area contributed by atoms with Gasteiger partial charge in [0.25, 0.3) is 0 Å². The number of carbonyl (C=O) groups is 1. The number of aryl methyl sites for hydroxylation is 2. The standard InChI is InChI=1S/C18H20ClNO/c1-14-5-4-6-15(13-14)9-10-18(21)20-12-11-16-7-2-3-8-17(16)19/h2-8,13H,9-12H2,1H3,(H,20,21). The highest BCUT2D eigenvalue weighted by Crippen LogP contribution is 2.14. The fraction of sp³-hybridized carbons (Fsp3) is 0.278. The van der Waals surface area contributed by atoms with Crippen molar-refractivity contribution < 1.29 is 4.79 Å². The van der Waals surface area contributed by atoms with E-state index in [1.165, 1.54) is 11.1 Å². The molecule has 0 atom stereocenters. The van der Waals surface area contributed by atoms with Gasteiger partial charge >= 0.3 is 0 Å². The van der Waals surface area contributed by atoms with Gasteiger partial charge in [0.2, 0.25) is 5.91 Å². The molecule has 0 radical (unpaired) electrons. The zero-order valence-electron chi connectivity index (χ0n) is 12.2. The predicted molar refractivity (Wildman–Crippen MR) is 87.7 cm³/mol. The van der Waals surface area contributed by atoms with Crippen LogP contribution in [0.15, 0.2) is 48.5 Å². The van der Waals surface area contributed by atoms with E-state index in [2.05, 4.69) is 30.4 Å². The van der Waals surface area contributed by atoms with Crippen molar-refractivity contribution in [2.75, 3.05) is 6.54 Å². The van der Waals surface area contributed by atoms with Crippen molar-refractivity contribution in [1.82, 2.24) is 5.32 Å². The Morgan fingerprint density at radius 1 is 1.10 bits per heavy atom. The van der Waals surface area contributed by atoms with Gasteiger partial charge in [-0.25, -0.2) is 0 Å². The van der Waals surface area contributed by atoms with Crippen molar-refractivity contribution in [2.45, 2.75) is 26.2 Å². The van der Waals surface area contributed by atoms with Crippen LogP contribution in [0.4, 0.5) is 0 Å². The number of rotatable bonds is 6. The van der Waals surface area contributed by atoms with Crippen molar-refractivity contribution in [3.8, 4) is 0 Å². The van der Waals surface area contributed by atoms with Gasteiger partial charge in [-0.15, -0.1) is 0 Å². The number of benzene rings is 2. The third-order valence-corrected chi connectivity index (χ3v) is 3.77. The van der Waals surface area contributed by atoms with Crippen LogP contribution in [-0.4, -0.2) is 12.5 Å². The van der Waals surface area contributed by atoms with Gasteiger partial charge in [0.05, 0.1) is 0 Å². The van der Waals surface area contributed by atoms with Crippen LogP contribution in [0.5, 0.6) is 0 Å². The Labute approximate surface area is 131 Å². The molecule has 0 spiro atoms. The van der Waals surface area contributed by atoms with Crippen LogP contribution < -0.4 is 5.32 Å². The van der Waals surface area contributed by atoms with Crippen LogP contribution in [0.1, 0.15) is 23.1 Å². The Kier molecular flexibility index (Phi) is 5.82. The van der Waals surface area contributed by atoms with E-state index >= 15 is 0 Å². The minimum Gasteiger partial charge on any atom is -0.356 e. The molecule has 0 saturated carbocycles. The molecule has 21 heavy (non-hydrogen) atoms. The third-order valence-electron chi connectivity index (χ3n) is 3.40. The monoisotopic (exact) mass is 301 g/mol. The average Bonchev–Trinajstić information content (AvgIpc) is 2.47. The van der Waals surface area contributed by atoms with E-state index in [1.807, 2.05) is 30.3 Å². The van der Waals surface area contributed by atoms with Crippen LogP contribution in [0.25, 0.3) is 0 Å². The van der Waals surface area contributed by atoms with Gasteiger partial charge in [0, 0.05) is 18.0 Å². The van der Waals surface area contributed by atoms with Crippen LogP contribution in [0.2, 0.25) is 5.02 Å². The van der Waals surface area contributed by atoms with Crippen molar-refractivity contribution >= 4 is 17.5 Å². The SMILES string of the molecule is Cc1cccc(CCC(=O)NCCc2ccccc2Cl)c1. The van der Waals surface area contributed by atoms with E-state index in [0.29, 0.717) is 13.0 Å². The number of hydrogen-bond donors (Lipinski definition) is 1. The molecule has 0 aliphatic carbocycles. The fourth-order valence-electron chi connectivity index (χ4n) is 2.25. The van der Waals surface area contributed by atoms with Crippen LogP contribution >= 0.6 is 11.6 Å². The normalized spacial score (nSPS) is 10.4. The fourth-order valence-corrected chi connectivity index (χ4v) is 2.48. The molecule has 110 valence electrons. The lowest BCUT2D eigenvalue weighted by Crippen LogP contribution is -2.25. The molecule has 2 aromatic carbocycles. The molecule has 0 fully saturated rings. The minimum absolute atomic E-state index is 0.0866. The second-order valence-electron chi connectivity index (χ2n) is 5.18. The van der Waals surface area contributed by atoms with Gasteiger partial charge in [0.15, 0.2) is 0 Å². The van der Waals surface area contributed by atoms with Gasteiger partial charge in [0.1, 0.15) is 0 Å².